The molecule has 2 aliphatic heterocycles. The third kappa shape index (κ3) is 32.2. The molecule has 0 aromatic rings. The highest BCUT2D eigenvalue weighted by atomic mass is 16.2. The quantitative estimate of drug-likeness (QED) is 0.0166. The number of aliphatic imine (C=N–C) groups is 4. The van der Waals surface area contributed by atoms with Gasteiger partial charge in [-0.25, -0.2) is 0 Å². The van der Waals surface area contributed by atoms with Gasteiger partial charge in [-0.1, -0.05) is 0 Å². The molecule has 0 radical (unpaired) electrons. The Morgan fingerprint density at radius 3 is 1.13 bits per heavy atom. The molecule has 24 nitrogen and oxygen atoms in total. The van der Waals surface area contributed by atoms with E-state index in [2.05, 4.69) is 51.0 Å². The molecule has 0 aliphatic carbocycles. The van der Waals surface area contributed by atoms with Gasteiger partial charge in [0.1, 0.15) is 11.6 Å². The van der Waals surface area contributed by atoms with Crippen molar-refractivity contribution < 1.29 is 19.2 Å². The van der Waals surface area contributed by atoms with Crippen LogP contribution in [0.25, 0.3) is 0 Å². The number of nitrogens with two attached hydrogens (primary N) is 10. The van der Waals surface area contributed by atoms with Crippen LogP contribution < -0.4 is 78.6 Å². The maximum absolute atomic E-state index is 12.2. The molecule has 24 heteroatoms. The third-order valence-electron chi connectivity index (χ3n) is 11.6. The molecule has 68 heavy (non-hydrogen) atoms. The van der Waals surface area contributed by atoms with Crippen molar-refractivity contribution in [3.63, 3.8) is 0 Å². The van der Waals surface area contributed by atoms with Crippen LogP contribution in [0.2, 0.25) is 0 Å². The van der Waals surface area contributed by atoms with Crippen LogP contribution in [0.4, 0.5) is 0 Å². The monoisotopic (exact) mass is 965 g/mol. The molecule has 0 aromatic heterocycles. The van der Waals surface area contributed by atoms with Crippen LogP contribution in [0, 0.1) is 0 Å². The van der Waals surface area contributed by atoms with E-state index >= 15 is 0 Å². The Kier molecular flexibility index (Phi) is 33.8. The lowest BCUT2D eigenvalue weighted by Gasteiger charge is -2.34. The topological polar surface area (TPSA) is 433 Å². The van der Waals surface area contributed by atoms with E-state index in [-0.39, 0.29) is 53.4 Å². The summed E-state index contributed by atoms with van der Waals surface area (Å²) in [4.78, 5) is 69.5. The molecule has 2 heterocycles. The van der Waals surface area contributed by atoms with Crippen molar-refractivity contribution in [1.29, 1.82) is 0 Å². The molecule has 0 saturated carbocycles. The minimum atomic E-state index is -0.598. The van der Waals surface area contributed by atoms with Crippen molar-refractivity contribution in [1.82, 2.24) is 31.1 Å². The van der Waals surface area contributed by atoms with Crippen LogP contribution in [-0.2, 0) is 19.2 Å². The molecule has 2 aliphatic rings. The molecular weight excluding hydrogens is 873 g/mol. The average molecular weight is 965 g/mol. The van der Waals surface area contributed by atoms with Crippen LogP contribution in [0.1, 0.15) is 104 Å². The van der Waals surface area contributed by atoms with Crippen LogP contribution in [0.3, 0.4) is 0 Å². The number of hydrogen-bond acceptors (Lipinski definition) is 16. The second kappa shape index (κ2) is 37.3. The minimum absolute atomic E-state index is 0.0308. The Morgan fingerprint density at radius 1 is 0.500 bits per heavy atom. The number of amidine groups is 2. The molecule has 0 spiro atoms. The number of rotatable bonds is 34. The number of Topliss-reactive ketones (excluding diaryl/α,β-unsaturated/α-hetero) is 2. The molecule has 6 atom stereocenters. The summed E-state index contributed by atoms with van der Waals surface area (Å²) in [5.74, 6) is 1.09. The third-order valence-corrected chi connectivity index (χ3v) is 11.6. The zero-order valence-electron chi connectivity index (χ0n) is 41.4. The number of carbonyl (C=O) groups is 4. The van der Waals surface area contributed by atoms with Gasteiger partial charge in [-0.2, -0.15) is 0 Å². The Bertz CT molecular complexity index is 1420. The molecule has 2 amide bonds. The van der Waals surface area contributed by atoms with Crippen molar-refractivity contribution in [3.8, 4) is 0 Å². The van der Waals surface area contributed by atoms with Crippen LogP contribution in [-0.4, -0.2) is 185 Å². The number of piperazine rings is 2. The maximum atomic E-state index is 12.2. The van der Waals surface area contributed by atoms with Gasteiger partial charge in [0.05, 0.1) is 35.8 Å². The molecule has 2 fully saturated rings. The van der Waals surface area contributed by atoms with Crippen LogP contribution >= 0.6 is 0 Å². The lowest BCUT2D eigenvalue weighted by Crippen LogP contribution is -2.61. The first-order valence-electron chi connectivity index (χ1n) is 24.6. The van der Waals surface area contributed by atoms with Gasteiger partial charge in [0, 0.05) is 103 Å². The predicted molar refractivity (Wildman–Crippen MR) is 275 cm³/mol. The first-order valence-corrected chi connectivity index (χ1v) is 24.6. The molecule has 2 rings (SSSR count). The van der Waals surface area contributed by atoms with Gasteiger partial charge in [0.25, 0.3) is 0 Å². The molecule has 24 N–H and O–H groups in total. The fraction of sp³-hybridized carbons (Fsp3) is 0.818. The summed E-state index contributed by atoms with van der Waals surface area (Å²) >= 11 is 0. The summed E-state index contributed by atoms with van der Waals surface area (Å²) in [6.45, 7) is 14.1. The van der Waals surface area contributed by atoms with E-state index in [0.717, 1.165) is 71.4 Å². The molecule has 2 saturated heterocycles. The standard InChI is InChI=1S/C25H51N9O2.C19H41N11O2/c1-20(26)31-12-6-8-21(27)23(35)10-2-4-14-33-16-18-34(19-17-33)15-5-3-11-24(36)22(28)9-7-13-32-25(29)30;1-12(20)25-6-2-4-15(21)17(31)29-10-13-8-28-14(9-27-13)11-30-18(32)16(22)5-3-7-26-19(23)24/h21-22H,2-19,27-28H2,1H3,(H2,26,31)(H4,29,30,32);13-16,27-28H,2-11,21-22H2,1H3,(H2,20,25)(H,29,31)(H,30,32)(H4,23,24,26). The average Bonchev–Trinajstić information content (AvgIpc) is 3.30. The summed E-state index contributed by atoms with van der Waals surface area (Å²) < 4.78 is 0. The van der Waals surface area contributed by atoms with Crippen molar-refractivity contribution in [2.45, 2.75) is 140 Å². The summed E-state index contributed by atoms with van der Waals surface area (Å²) in [5.41, 5.74) is 55.9. The van der Waals surface area contributed by atoms with Crippen molar-refractivity contribution >= 4 is 47.0 Å². The Hall–Kier alpha value is -4.56. The first-order chi connectivity index (χ1) is 32.4. The van der Waals surface area contributed by atoms with Gasteiger partial charge in [0.15, 0.2) is 11.9 Å². The van der Waals surface area contributed by atoms with Crippen molar-refractivity contribution in [3.05, 3.63) is 0 Å². The zero-order valence-corrected chi connectivity index (χ0v) is 41.4. The lowest BCUT2D eigenvalue weighted by atomic mass is 10.0. The van der Waals surface area contributed by atoms with Crippen molar-refractivity contribution in [2.75, 3.05) is 91.6 Å². The van der Waals surface area contributed by atoms with Crippen LogP contribution in [0.15, 0.2) is 20.0 Å². The summed E-state index contributed by atoms with van der Waals surface area (Å²) in [5, 5.41) is 12.5. The Balaban J connectivity index is 0.000000685. The highest BCUT2D eigenvalue weighted by Crippen LogP contribution is 2.10. The highest BCUT2D eigenvalue weighted by molar-refractivity contribution is 5.84. The molecule has 0 aromatic carbocycles. The van der Waals surface area contributed by atoms with E-state index in [4.69, 9.17) is 57.3 Å². The summed E-state index contributed by atoms with van der Waals surface area (Å²) in [7, 11) is 0. The molecule has 6 unspecified atom stereocenters. The van der Waals surface area contributed by atoms with E-state index in [1.165, 1.54) is 0 Å². The first kappa shape index (κ1) is 61.5. The number of carbonyl (C=O) groups excluding carboxylic acids is 4. The van der Waals surface area contributed by atoms with E-state index < -0.39 is 18.1 Å². The van der Waals surface area contributed by atoms with Gasteiger partial charge in [-0.05, 0) is 104 Å². The second-order valence-corrected chi connectivity index (χ2v) is 17.9. The van der Waals surface area contributed by atoms with E-state index in [1.54, 1.807) is 13.8 Å². The van der Waals surface area contributed by atoms with Gasteiger partial charge in [-0.3, -0.25) is 39.1 Å². The molecule has 0 bridgehead atoms. The number of nitrogens with zero attached hydrogens (tertiary/aromatic N) is 6. The largest absolute Gasteiger partial charge is 0.388 e. The van der Waals surface area contributed by atoms with E-state index in [1.807, 2.05) is 0 Å². The fourth-order valence-corrected chi connectivity index (χ4v) is 7.39. The predicted octanol–water partition coefficient (Wildman–Crippen LogP) is -4.04. The van der Waals surface area contributed by atoms with E-state index in [0.29, 0.717) is 122 Å². The fourth-order valence-electron chi connectivity index (χ4n) is 7.39. The summed E-state index contributed by atoms with van der Waals surface area (Å²) in [6, 6.07) is -1.81. The number of unbranched alkanes of at least 4 members (excludes halogenated alkanes) is 2. The number of hydrogen-bond donors (Lipinski definition) is 14. The minimum Gasteiger partial charge on any atom is -0.388 e. The number of nitrogens with one attached hydrogen (secondary N) is 4. The number of amides is 2. The Labute approximate surface area is 405 Å². The lowest BCUT2D eigenvalue weighted by molar-refractivity contribution is -0.123. The van der Waals surface area contributed by atoms with Gasteiger partial charge >= 0.3 is 0 Å². The molecule has 392 valence electrons. The Morgan fingerprint density at radius 2 is 0.824 bits per heavy atom. The number of ketones is 2. The number of guanidine groups is 2. The van der Waals surface area contributed by atoms with Gasteiger partial charge < -0.3 is 88.4 Å². The SMILES string of the molecule is CC(N)=NCCCC(N)C(=O)CCCCN1CCN(CCCCC(=O)C(N)CCCN=C(N)N)CC1.CC(N)=NCCCC(N)C(=O)NCC1CNC(CNC(=O)C(N)CCCN=C(N)N)CN1. The zero-order chi connectivity index (χ0) is 50.7. The van der Waals surface area contributed by atoms with Crippen molar-refractivity contribution in [2.24, 2.45) is 77.3 Å². The van der Waals surface area contributed by atoms with E-state index in [9.17, 15) is 19.2 Å². The van der Waals surface area contributed by atoms with Gasteiger partial charge in [-0.15, -0.1) is 0 Å². The smallest absolute Gasteiger partial charge is 0.236 e. The maximum Gasteiger partial charge on any atom is 0.236 e. The molecular formula is C44H92N20O4. The second-order valence-electron chi connectivity index (χ2n) is 17.9. The van der Waals surface area contributed by atoms with Crippen LogP contribution in [0.5, 0.6) is 0 Å². The summed E-state index contributed by atoms with van der Waals surface area (Å²) in [6.07, 6.45) is 10.0. The highest BCUT2D eigenvalue weighted by Gasteiger charge is 2.23. The normalized spacial score (nSPS) is 18.8. The van der Waals surface area contributed by atoms with Gasteiger partial charge in [0.2, 0.25) is 11.8 Å².